The van der Waals surface area contributed by atoms with Crippen molar-refractivity contribution in [2.45, 2.75) is 0 Å². The fourth-order valence-electron chi connectivity index (χ4n) is 0.847. The number of phenolic OH excluding ortho intramolecular Hbond substituents is 1. The van der Waals surface area contributed by atoms with Crippen molar-refractivity contribution in [2.24, 2.45) is 0 Å². The standard InChI is InChI=1S/C9H9ClO3/c10-4-5-13-9(12)7-2-1-3-8(11)6-7/h1-3,6,11H,4-5H2. The van der Waals surface area contributed by atoms with Gasteiger partial charge in [0.1, 0.15) is 12.4 Å². The first-order valence-electron chi connectivity index (χ1n) is 3.76. The topological polar surface area (TPSA) is 46.5 Å². The number of hydrogen-bond donors (Lipinski definition) is 1. The molecule has 3 nitrogen and oxygen atoms in total. The largest absolute Gasteiger partial charge is 0.508 e. The minimum absolute atomic E-state index is 0.0420. The normalized spacial score (nSPS) is 9.62. The van der Waals surface area contributed by atoms with Crippen LogP contribution in [0, 0.1) is 0 Å². The molecular formula is C9H9ClO3. The van der Waals surface area contributed by atoms with Crippen molar-refractivity contribution in [2.75, 3.05) is 12.5 Å². The van der Waals surface area contributed by atoms with Gasteiger partial charge in [0.2, 0.25) is 0 Å². The number of carbonyl (C=O) groups excluding carboxylic acids is 1. The van der Waals surface area contributed by atoms with Crippen molar-refractivity contribution in [1.29, 1.82) is 0 Å². The highest BCUT2D eigenvalue weighted by molar-refractivity contribution is 6.18. The number of alkyl halides is 1. The molecule has 1 N–H and O–H groups in total. The Morgan fingerprint density at radius 3 is 2.92 bits per heavy atom. The first-order chi connectivity index (χ1) is 6.24. The lowest BCUT2D eigenvalue weighted by Gasteiger charge is -2.01. The molecule has 0 aliphatic heterocycles. The third kappa shape index (κ3) is 2.95. The fourth-order valence-corrected chi connectivity index (χ4v) is 0.925. The molecule has 0 aliphatic rings. The number of phenols is 1. The third-order valence-electron chi connectivity index (χ3n) is 1.39. The Hall–Kier alpha value is -1.22. The number of rotatable bonds is 3. The van der Waals surface area contributed by atoms with Crippen LogP contribution < -0.4 is 0 Å². The van der Waals surface area contributed by atoms with E-state index in [9.17, 15) is 4.79 Å². The second kappa shape index (κ2) is 4.72. The van der Waals surface area contributed by atoms with E-state index in [1.54, 1.807) is 12.1 Å². The SMILES string of the molecule is O=C(OCCCl)c1cccc(O)c1. The van der Waals surface area contributed by atoms with Crippen molar-refractivity contribution in [3.8, 4) is 5.75 Å². The van der Waals surface area contributed by atoms with Crippen LogP contribution in [-0.4, -0.2) is 23.6 Å². The van der Waals surface area contributed by atoms with E-state index in [0.29, 0.717) is 5.56 Å². The van der Waals surface area contributed by atoms with Gasteiger partial charge in [-0.05, 0) is 18.2 Å². The van der Waals surface area contributed by atoms with Gasteiger partial charge in [-0.2, -0.15) is 0 Å². The van der Waals surface area contributed by atoms with Gasteiger partial charge in [-0.1, -0.05) is 6.07 Å². The molecule has 0 heterocycles. The van der Waals surface area contributed by atoms with Crippen LogP contribution >= 0.6 is 11.6 Å². The molecule has 0 atom stereocenters. The molecule has 0 radical (unpaired) electrons. The van der Waals surface area contributed by atoms with Gasteiger partial charge in [-0.15, -0.1) is 11.6 Å². The van der Waals surface area contributed by atoms with E-state index in [-0.39, 0.29) is 18.2 Å². The van der Waals surface area contributed by atoms with Gasteiger partial charge in [-0.3, -0.25) is 0 Å². The number of ether oxygens (including phenoxy) is 1. The zero-order valence-electron chi connectivity index (χ0n) is 6.87. The zero-order chi connectivity index (χ0) is 9.68. The summed E-state index contributed by atoms with van der Waals surface area (Å²) in [5.41, 5.74) is 0.324. The van der Waals surface area contributed by atoms with Crippen LogP contribution in [0.1, 0.15) is 10.4 Å². The number of benzene rings is 1. The highest BCUT2D eigenvalue weighted by atomic mass is 35.5. The van der Waals surface area contributed by atoms with Gasteiger partial charge in [0.15, 0.2) is 0 Å². The van der Waals surface area contributed by atoms with E-state index < -0.39 is 5.97 Å². The number of esters is 1. The summed E-state index contributed by atoms with van der Waals surface area (Å²) in [5, 5.41) is 9.05. The Morgan fingerprint density at radius 1 is 1.54 bits per heavy atom. The molecule has 0 bridgehead atoms. The quantitative estimate of drug-likeness (QED) is 0.598. The minimum atomic E-state index is -0.475. The number of carbonyl (C=O) groups is 1. The van der Waals surface area contributed by atoms with E-state index >= 15 is 0 Å². The van der Waals surface area contributed by atoms with Gasteiger partial charge in [0.05, 0.1) is 11.4 Å². The molecule has 70 valence electrons. The molecule has 13 heavy (non-hydrogen) atoms. The van der Waals surface area contributed by atoms with Gasteiger partial charge in [0, 0.05) is 0 Å². The molecule has 0 fully saturated rings. The average molecular weight is 201 g/mol. The maximum absolute atomic E-state index is 11.2. The molecule has 0 spiro atoms. The first kappa shape index (κ1) is 9.86. The van der Waals surface area contributed by atoms with E-state index in [1.807, 2.05) is 0 Å². The minimum Gasteiger partial charge on any atom is -0.508 e. The fraction of sp³-hybridized carbons (Fsp3) is 0.222. The summed E-state index contributed by atoms with van der Waals surface area (Å²) < 4.78 is 4.75. The van der Waals surface area contributed by atoms with E-state index in [4.69, 9.17) is 21.4 Å². The molecule has 0 aliphatic carbocycles. The summed E-state index contributed by atoms with van der Waals surface area (Å²) in [6.45, 7) is 0.177. The predicted molar refractivity (Wildman–Crippen MR) is 49.1 cm³/mol. The van der Waals surface area contributed by atoms with Crippen molar-refractivity contribution in [3.63, 3.8) is 0 Å². The molecule has 0 saturated carbocycles. The van der Waals surface area contributed by atoms with Crippen molar-refractivity contribution < 1.29 is 14.6 Å². The van der Waals surface area contributed by atoms with Crippen LogP contribution in [0.5, 0.6) is 5.75 Å². The Morgan fingerprint density at radius 2 is 2.31 bits per heavy atom. The lowest BCUT2D eigenvalue weighted by Crippen LogP contribution is -2.06. The first-order valence-corrected chi connectivity index (χ1v) is 4.29. The predicted octanol–water partition coefficient (Wildman–Crippen LogP) is 1.79. The van der Waals surface area contributed by atoms with Crippen LogP contribution in [0.15, 0.2) is 24.3 Å². The smallest absolute Gasteiger partial charge is 0.338 e. The van der Waals surface area contributed by atoms with Crippen molar-refractivity contribution in [1.82, 2.24) is 0 Å². The molecule has 1 aromatic rings. The maximum atomic E-state index is 11.2. The molecule has 0 aromatic heterocycles. The van der Waals surface area contributed by atoms with Crippen molar-refractivity contribution >= 4 is 17.6 Å². The Bertz CT molecular complexity index is 299. The van der Waals surface area contributed by atoms with Gasteiger partial charge < -0.3 is 9.84 Å². The summed E-state index contributed by atoms with van der Waals surface area (Å²) in [5.74, 6) is -0.165. The molecule has 1 rings (SSSR count). The molecule has 0 amide bonds. The second-order valence-corrected chi connectivity index (χ2v) is 2.75. The molecule has 0 saturated heterocycles. The van der Waals surface area contributed by atoms with Crippen LogP contribution in [0.4, 0.5) is 0 Å². The van der Waals surface area contributed by atoms with Gasteiger partial charge in [0.25, 0.3) is 0 Å². The number of aromatic hydroxyl groups is 1. The Labute approximate surface area is 80.9 Å². The monoisotopic (exact) mass is 200 g/mol. The second-order valence-electron chi connectivity index (χ2n) is 2.38. The highest BCUT2D eigenvalue weighted by Crippen LogP contribution is 2.11. The Balaban J connectivity index is 2.66. The third-order valence-corrected chi connectivity index (χ3v) is 1.55. The highest BCUT2D eigenvalue weighted by Gasteiger charge is 2.06. The summed E-state index contributed by atoms with van der Waals surface area (Å²) in [6, 6.07) is 5.97. The van der Waals surface area contributed by atoms with E-state index in [1.165, 1.54) is 12.1 Å². The summed E-state index contributed by atoms with van der Waals surface area (Å²) >= 11 is 5.34. The molecule has 4 heteroatoms. The molecule has 1 aromatic carbocycles. The van der Waals surface area contributed by atoms with Crippen LogP contribution in [-0.2, 0) is 4.74 Å². The zero-order valence-corrected chi connectivity index (χ0v) is 7.62. The van der Waals surface area contributed by atoms with Crippen LogP contribution in [0.3, 0.4) is 0 Å². The van der Waals surface area contributed by atoms with Gasteiger partial charge in [-0.25, -0.2) is 4.79 Å². The number of halogens is 1. The Kier molecular flexibility index (Phi) is 3.58. The average Bonchev–Trinajstić information content (AvgIpc) is 2.14. The van der Waals surface area contributed by atoms with E-state index in [0.717, 1.165) is 0 Å². The molecular weight excluding hydrogens is 192 g/mol. The van der Waals surface area contributed by atoms with Crippen LogP contribution in [0.25, 0.3) is 0 Å². The van der Waals surface area contributed by atoms with Gasteiger partial charge >= 0.3 is 5.97 Å². The van der Waals surface area contributed by atoms with Crippen LogP contribution in [0.2, 0.25) is 0 Å². The summed E-state index contributed by atoms with van der Waals surface area (Å²) in [6.07, 6.45) is 0. The lowest BCUT2D eigenvalue weighted by molar-refractivity contribution is 0.0528. The molecule has 0 unspecified atom stereocenters. The summed E-state index contributed by atoms with van der Waals surface area (Å²) in [4.78, 5) is 11.2. The maximum Gasteiger partial charge on any atom is 0.338 e. The number of hydrogen-bond acceptors (Lipinski definition) is 3. The summed E-state index contributed by atoms with van der Waals surface area (Å²) in [7, 11) is 0. The van der Waals surface area contributed by atoms with Crippen molar-refractivity contribution in [3.05, 3.63) is 29.8 Å². The lowest BCUT2D eigenvalue weighted by atomic mass is 10.2. The van der Waals surface area contributed by atoms with E-state index in [2.05, 4.69) is 0 Å².